The zero-order valence-corrected chi connectivity index (χ0v) is 19.2. The summed E-state index contributed by atoms with van der Waals surface area (Å²) in [4.78, 5) is 0. The molecule has 0 saturated carbocycles. The first-order chi connectivity index (χ1) is 9.75. The van der Waals surface area contributed by atoms with Crippen molar-refractivity contribution in [1.82, 2.24) is 0 Å². The van der Waals surface area contributed by atoms with E-state index in [1.807, 2.05) is 31.4 Å². The van der Waals surface area contributed by atoms with Gasteiger partial charge in [0.1, 0.15) is 0 Å². The molecule has 0 heterocycles. The Morgan fingerprint density at radius 2 is 0.952 bits per heavy atom. The summed E-state index contributed by atoms with van der Waals surface area (Å²) in [6.07, 6.45) is 0. The Bertz CT molecular complexity index is 249. The predicted octanol–water partition coefficient (Wildman–Crippen LogP) is 3.60. The first kappa shape index (κ1) is 22.3. The molecule has 0 bridgehead atoms. The Hall–Kier alpha value is 1.32. The van der Waals surface area contributed by atoms with Gasteiger partial charge in [0.15, 0.2) is 0 Å². The Morgan fingerprint density at radius 1 is 0.667 bits per heavy atom. The molecule has 0 saturated heterocycles. The molecular weight excluding hydrogens is 361 g/mol. The molecule has 0 aromatic carbocycles. The van der Waals surface area contributed by atoms with Crippen LogP contribution >= 0.6 is 31.4 Å². The van der Waals surface area contributed by atoms with Gasteiger partial charge >= 0.3 is 18.6 Å². The van der Waals surface area contributed by atoms with Gasteiger partial charge in [-0.1, -0.05) is 49.3 Å². The molecule has 0 unspecified atom stereocenters. The first-order valence-electron chi connectivity index (χ1n) is 6.77. The van der Waals surface area contributed by atoms with Crippen molar-refractivity contribution >= 4 is 50.0 Å². The van der Waals surface area contributed by atoms with Gasteiger partial charge in [0, 0.05) is 50.0 Å². The van der Waals surface area contributed by atoms with Gasteiger partial charge in [0.05, 0.1) is 0 Å². The van der Waals surface area contributed by atoms with Crippen LogP contribution in [0.5, 0.6) is 0 Å². The van der Waals surface area contributed by atoms with E-state index in [2.05, 4.69) is 27.7 Å². The fourth-order valence-electron chi connectivity index (χ4n) is 1.99. The average molecular weight is 391 g/mol. The third-order valence-electron chi connectivity index (χ3n) is 3.09. The van der Waals surface area contributed by atoms with Crippen molar-refractivity contribution in [1.29, 1.82) is 0 Å². The first-order valence-corrected chi connectivity index (χ1v) is 13.6. The second-order valence-electron chi connectivity index (χ2n) is 6.18. The van der Waals surface area contributed by atoms with Crippen molar-refractivity contribution in [2.24, 2.45) is 0 Å². The minimum absolute atomic E-state index is 0.119. The Morgan fingerprint density at radius 3 is 1.19 bits per heavy atom. The number of hydrogen-bond acceptors (Lipinski definition) is 7. The Balaban J connectivity index is 4.06. The van der Waals surface area contributed by atoms with Crippen LogP contribution in [0, 0.1) is 0 Å². The van der Waals surface area contributed by atoms with Gasteiger partial charge in [-0.05, 0) is 9.83 Å². The summed E-state index contributed by atoms with van der Waals surface area (Å²) in [5, 5.41) is 0.237. The lowest BCUT2D eigenvalue weighted by atomic mass is 10.2. The summed E-state index contributed by atoms with van der Waals surface area (Å²) in [6.45, 7) is 8.88. The van der Waals surface area contributed by atoms with Crippen LogP contribution in [-0.2, 0) is 17.7 Å². The minimum Gasteiger partial charge on any atom is -0.400 e. The quantitative estimate of drug-likeness (QED) is 0.286. The van der Waals surface area contributed by atoms with E-state index in [9.17, 15) is 0 Å². The zero-order chi connectivity index (χ0) is 16.5. The molecule has 0 rings (SSSR count). The molecule has 0 aliphatic rings. The van der Waals surface area contributed by atoms with E-state index >= 15 is 0 Å². The van der Waals surface area contributed by atoms with E-state index in [0.717, 1.165) is 11.5 Å². The summed E-state index contributed by atoms with van der Waals surface area (Å²) < 4.78 is 22.0. The molecule has 0 aliphatic carbocycles. The number of hydrogen-bond donors (Lipinski definition) is 0. The van der Waals surface area contributed by atoms with Gasteiger partial charge in [0.2, 0.25) is 0 Å². The van der Waals surface area contributed by atoms with E-state index in [0.29, 0.717) is 0 Å². The molecule has 4 nitrogen and oxygen atoms in total. The average Bonchev–Trinajstić information content (AvgIpc) is 2.40. The third kappa shape index (κ3) is 8.12. The maximum atomic E-state index is 5.50. The van der Waals surface area contributed by atoms with Crippen LogP contribution in [0.15, 0.2) is 0 Å². The lowest BCUT2D eigenvalue weighted by Crippen LogP contribution is -2.34. The lowest BCUT2D eigenvalue weighted by molar-refractivity contribution is 0.252. The fraction of sp³-hybridized carbons (Fsp3) is 1.00. The van der Waals surface area contributed by atoms with Crippen molar-refractivity contribution in [3.8, 4) is 0 Å². The smallest absolute Gasteiger partial charge is 0.327 e. The second-order valence-corrected chi connectivity index (χ2v) is 16.7. The van der Waals surface area contributed by atoms with Crippen LogP contribution in [0.1, 0.15) is 27.7 Å². The van der Waals surface area contributed by atoms with Gasteiger partial charge in [-0.3, -0.25) is 0 Å². The summed E-state index contributed by atoms with van der Waals surface area (Å²) >= 11 is 0. The van der Waals surface area contributed by atoms with Crippen LogP contribution in [0.25, 0.3) is 0 Å². The molecular formula is C12H30O4S3Si2. The third-order valence-corrected chi connectivity index (χ3v) is 13.3. The van der Waals surface area contributed by atoms with Crippen molar-refractivity contribution < 1.29 is 17.7 Å². The maximum absolute atomic E-state index is 5.50. The highest BCUT2D eigenvalue weighted by Crippen LogP contribution is 2.46. The fourth-order valence-corrected chi connectivity index (χ4v) is 11.8. The van der Waals surface area contributed by atoms with Crippen molar-refractivity contribution in [3.63, 3.8) is 0 Å². The van der Waals surface area contributed by atoms with Crippen molar-refractivity contribution in [2.75, 3.05) is 39.9 Å². The van der Waals surface area contributed by atoms with Gasteiger partial charge in [-0.15, -0.1) is 0 Å². The molecule has 0 fully saturated rings. The highest BCUT2D eigenvalue weighted by atomic mass is 33.5. The molecule has 0 atom stereocenters. The van der Waals surface area contributed by atoms with Crippen LogP contribution in [-0.4, -0.2) is 58.5 Å². The van der Waals surface area contributed by atoms with Gasteiger partial charge in [-0.2, -0.15) is 0 Å². The Labute approximate surface area is 145 Å². The molecule has 9 heteroatoms. The topological polar surface area (TPSA) is 36.9 Å². The summed E-state index contributed by atoms with van der Waals surface area (Å²) in [6, 6.07) is 0. The van der Waals surface area contributed by atoms with Crippen LogP contribution in [0.3, 0.4) is 0 Å². The lowest BCUT2D eigenvalue weighted by Gasteiger charge is -2.30. The van der Waals surface area contributed by atoms with E-state index in [4.69, 9.17) is 17.7 Å². The number of rotatable bonds is 12. The summed E-state index contributed by atoms with van der Waals surface area (Å²) in [5.74, 6) is 2.05. The van der Waals surface area contributed by atoms with Gasteiger partial charge in [0.25, 0.3) is 0 Å². The largest absolute Gasteiger partial charge is 0.400 e. The second kappa shape index (κ2) is 11.0. The molecule has 0 radical (unpaired) electrons. The van der Waals surface area contributed by atoms with E-state index in [1.54, 1.807) is 28.4 Å². The summed E-state index contributed by atoms with van der Waals surface area (Å²) in [5.41, 5.74) is 0. The molecule has 0 N–H and O–H groups in total. The van der Waals surface area contributed by atoms with E-state index in [-0.39, 0.29) is 10.1 Å². The van der Waals surface area contributed by atoms with E-state index < -0.39 is 18.6 Å². The summed E-state index contributed by atoms with van der Waals surface area (Å²) in [7, 11) is 9.40. The van der Waals surface area contributed by atoms with Gasteiger partial charge in [-0.25, -0.2) is 0 Å². The predicted molar refractivity (Wildman–Crippen MR) is 103 cm³/mol. The van der Waals surface area contributed by atoms with Crippen LogP contribution in [0.2, 0.25) is 10.1 Å². The van der Waals surface area contributed by atoms with E-state index in [1.165, 1.54) is 0 Å². The molecule has 0 aromatic heterocycles. The van der Waals surface area contributed by atoms with Crippen LogP contribution < -0.4 is 0 Å². The minimum atomic E-state index is -1.59. The normalized spacial score (nSPS) is 13.4. The SMILES string of the molecule is CO[SiH](OC)C(C)(C)CSSSCC(C)(C)[SiH](OC)OC. The standard InChI is InChI=1S/C12H30O4S3Si2/c1-11(2,20(13-5)14-6)9-17-19-18-10-12(3,4)21(15-7)16-8/h20-21H,9-10H2,1-8H3. The molecule has 0 spiro atoms. The monoisotopic (exact) mass is 390 g/mol. The molecule has 128 valence electrons. The zero-order valence-electron chi connectivity index (χ0n) is 14.4. The molecule has 0 amide bonds. The van der Waals surface area contributed by atoms with Gasteiger partial charge < -0.3 is 17.7 Å². The van der Waals surface area contributed by atoms with Crippen molar-refractivity contribution in [2.45, 2.75) is 37.8 Å². The maximum Gasteiger partial charge on any atom is 0.327 e. The molecule has 21 heavy (non-hydrogen) atoms. The highest BCUT2D eigenvalue weighted by Gasteiger charge is 2.34. The molecule has 0 aliphatic heterocycles. The Kier molecular flexibility index (Phi) is 11.7. The molecule has 0 aromatic rings. The highest BCUT2D eigenvalue weighted by molar-refractivity contribution is 9.09. The van der Waals surface area contributed by atoms with Crippen molar-refractivity contribution in [3.05, 3.63) is 0 Å². The van der Waals surface area contributed by atoms with Crippen LogP contribution in [0.4, 0.5) is 0 Å².